The smallest absolute Gasteiger partial charge is 0.275 e. The molecule has 1 N–H and O–H groups in total. The van der Waals surface area contributed by atoms with Gasteiger partial charge in [0.05, 0.1) is 18.8 Å². The van der Waals surface area contributed by atoms with Crippen LogP contribution in [0.2, 0.25) is 0 Å². The monoisotopic (exact) mass is 200 g/mol. The van der Waals surface area contributed by atoms with Gasteiger partial charge in [0.25, 0.3) is 5.95 Å². The summed E-state index contributed by atoms with van der Waals surface area (Å²) in [4.78, 5) is 0. The highest BCUT2D eigenvalue weighted by molar-refractivity contribution is 4.87. The van der Waals surface area contributed by atoms with Crippen molar-refractivity contribution >= 4 is 0 Å². The van der Waals surface area contributed by atoms with E-state index in [0.717, 1.165) is 32.3 Å². The van der Waals surface area contributed by atoms with E-state index in [1.54, 1.807) is 6.92 Å². The minimum absolute atomic E-state index is 0.119. The summed E-state index contributed by atoms with van der Waals surface area (Å²) in [5.41, 5.74) is 0. The molecule has 0 aromatic rings. The van der Waals surface area contributed by atoms with Crippen LogP contribution in [0.25, 0.3) is 0 Å². The molecule has 0 fully saturated rings. The normalized spacial score (nSPS) is 20.6. The summed E-state index contributed by atoms with van der Waals surface area (Å²) in [6, 6.07) is 0. The Morgan fingerprint density at radius 3 is 2.86 bits per heavy atom. The van der Waals surface area contributed by atoms with Gasteiger partial charge in [-0.3, -0.25) is 0 Å². The van der Waals surface area contributed by atoms with Gasteiger partial charge in [-0.15, -0.1) is 0 Å². The summed E-state index contributed by atoms with van der Waals surface area (Å²) in [6.07, 6.45) is 5.61. The van der Waals surface area contributed by atoms with E-state index < -0.39 is 0 Å². The Morgan fingerprint density at radius 2 is 2.29 bits per heavy atom. The third-order valence-electron chi connectivity index (χ3n) is 2.21. The number of ether oxygens (including phenoxy) is 2. The third kappa shape index (κ3) is 4.51. The fourth-order valence-electron chi connectivity index (χ4n) is 1.35. The van der Waals surface area contributed by atoms with Crippen molar-refractivity contribution in [1.82, 2.24) is 0 Å². The Labute approximate surface area is 85.7 Å². The number of hydrogen-bond acceptors (Lipinski definition) is 3. The van der Waals surface area contributed by atoms with Gasteiger partial charge in [-0.2, -0.15) is 0 Å². The lowest BCUT2D eigenvalue weighted by molar-refractivity contribution is -0.0155. The molecule has 0 aromatic heterocycles. The Morgan fingerprint density at radius 1 is 1.50 bits per heavy atom. The van der Waals surface area contributed by atoms with E-state index in [4.69, 9.17) is 14.6 Å². The summed E-state index contributed by atoms with van der Waals surface area (Å²) in [6.45, 7) is 4.55. The minimum atomic E-state index is -0.248. The lowest BCUT2D eigenvalue weighted by atomic mass is 10.1. The van der Waals surface area contributed by atoms with Gasteiger partial charge in [-0.1, -0.05) is 0 Å². The summed E-state index contributed by atoms with van der Waals surface area (Å²) in [5.74, 6) is 0.661. The molecule has 1 rings (SSSR count). The lowest BCUT2D eigenvalue weighted by Crippen LogP contribution is -2.14. The highest BCUT2D eigenvalue weighted by Gasteiger charge is 2.10. The molecule has 0 aromatic carbocycles. The zero-order valence-corrected chi connectivity index (χ0v) is 9.03. The van der Waals surface area contributed by atoms with E-state index in [2.05, 4.69) is 0 Å². The molecule has 0 spiro atoms. The SMILES string of the molecule is CC(O)CCC(C)OC1=CCCCO1. The van der Waals surface area contributed by atoms with Crippen LogP contribution in [-0.4, -0.2) is 23.9 Å². The zero-order chi connectivity index (χ0) is 10.4. The molecule has 3 nitrogen and oxygen atoms in total. The van der Waals surface area contributed by atoms with Crippen LogP contribution in [0.15, 0.2) is 12.0 Å². The first-order chi connectivity index (χ1) is 6.68. The van der Waals surface area contributed by atoms with Gasteiger partial charge < -0.3 is 14.6 Å². The van der Waals surface area contributed by atoms with Crippen molar-refractivity contribution in [3.05, 3.63) is 12.0 Å². The number of aliphatic hydroxyl groups is 1. The molecule has 2 unspecified atom stereocenters. The van der Waals surface area contributed by atoms with E-state index >= 15 is 0 Å². The van der Waals surface area contributed by atoms with Crippen LogP contribution in [-0.2, 0) is 9.47 Å². The predicted molar refractivity (Wildman–Crippen MR) is 54.7 cm³/mol. The lowest BCUT2D eigenvalue weighted by Gasteiger charge is -2.20. The van der Waals surface area contributed by atoms with Crippen molar-refractivity contribution < 1.29 is 14.6 Å². The highest BCUT2D eigenvalue weighted by Crippen LogP contribution is 2.15. The van der Waals surface area contributed by atoms with Crippen LogP contribution in [0.4, 0.5) is 0 Å². The third-order valence-corrected chi connectivity index (χ3v) is 2.21. The summed E-state index contributed by atoms with van der Waals surface area (Å²) >= 11 is 0. The van der Waals surface area contributed by atoms with E-state index in [1.807, 2.05) is 13.0 Å². The largest absolute Gasteiger partial charge is 0.466 e. The second kappa shape index (κ2) is 5.91. The maximum absolute atomic E-state index is 9.11. The molecule has 0 aliphatic carbocycles. The van der Waals surface area contributed by atoms with Gasteiger partial charge in [0.1, 0.15) is 0 Å². The van der Waals surface area contributed by atoms with Crippen molar-refractivity contribution in [3.63, 3.8) is 0 Å². The quantitative estimate of drug-likeness (QED) is 0.739. The molecule has 1 aliphatic heterocycles. The molecule has 0 bridgehead atoms. The molecular formula is C11H20O3. The predicted octanol–water partition coefficient (Wildman–Crippen LogP) is 2.20. The van der Waals surface area contributed by atoms with Crippen LogP contribution >= 0.6 is 0 Å². The van der Waals surface area contributed by atoms with E-state index in [-0.39, 0.29) is 12.2 Å². The first-order valence-corrected chi connectivity index (χ1v) is 5.36. The molecule has 82 valence electrons. The van der Waals surface area contributed by atoms with Crippen LogP contribution < -0.4 is 0 Å². The van der Waals surface area contributed by atoms with Crippen LogP contribution in [0, 0.1) is 0 Å². The summed E-state index contributed by atoms with van der Waals surface area (Å²) in [7, 11) is 0. The Hall–Kier alpha value is -0.700. The van der Waals surface area contributed by atoms with Crippen molar-refractivity contribution in [2.45, 2.75) is 51.7 Å². The fraction of sp³-hybridized carbons (Fsp3) is 0.818. The molecule has 2 atom stereocenters. The number of allylic oxidation sites excluding steroid dienone is 1. The Kier molecular flexibility index (Phi) is 4.80. The van der Waals surface area contributed by atoms with Crippen LogP contribution in [0.3, 0.4) is 0 Å². The van der Waals surface area contributed by atoms with E-state index in [1.165, 1.54) is 0 Å². The molecule has 0 radical (unpaired) electrons. The molecule has 0 saturated heterocycles. The Bertz CT molecular complexity index is 187. The molecule has 3 heteroatoms. The maximum atomic E-state index is 9.11. The first-order valence-electron chi connectivity index (χ1n) is 5.36. The molecule has 0 saturated carbocycles. The molecule has 14 heavy (non-hydrogen) atoms. The van der Waals surface area contributed by atoms with Gasteiger partial charge >= 0.3 is 0 Å². The topological polar surface area (TPSA) is 38.7 Å². The van der Waals surface area contributed by atoms with E-state index in [9.17, 15) is 0 Å². The van der Waals surface area contributed by atoms with Crippen molar-refractivity contribution in [2.24, 2.45) is 0 Å². The molecule has 0 amide bonds. The van der Waals surface area contributed by atoms with Crippen molar-refractivity contribution in [1.29, 1.82) is 0 Å². The number of hydrogen-bond donors (Lipinski definition) is 1. The Balaban J connectivity index is 2.18. The molecule has 1 aliphatic rings. The van der Waals surface area contributed by atoms with Gasteiger partial charge in [-0.25, -0.2) is 0 Å². The second-order valence-corrected chi connectivity index (χ2v) is 3.87. The van der Waals surface area contributed by atoms with Crippen LogP contribution in [0.1, 0.15) is 39.5 Å². The van der Waals surface area contributed by atoms with Crippen molar-refractivity contribution in [2.75, 3.05) is 6.61 Å². The highest BCUT2D eigenvalue weighted by atomic mass is 16.7. The number of rotatable bonds is 5. The standard InChI is InChI=1S/C11H20O3/c1-9(12)6-7-10(2)14-11-5-3-4-8-13-11/h5,9-10,12H,3-4,6-8H2,1-2H3. The van der Waals surface area contributed by atoms with Crippen LogP contribution in [0.5, 0.6) is 0 Å². The van der Waals surface area contributed by atoms with Gasteiger partial charge in [0.2, 0.25) is 0 Å². The minimum Gasteiger partial charge on any atom is -0.466 e. The van der Waals surface area contributed by atoms with Gasteiger partial charge in [0, 0.05) is 0 Å². The van der Waals surface area contributed by atoms with Gasteiger partial charge in [-0.05, 0) is 45.6 Å². The maximum Gasteiger partial charge on any atom is 0.275 e. The second-order valence-electron chi connectivity index (χ2n) is 3.87. The zero-order valence-electron chi connectivity index (χ0n) is 9.03. The van der Waals surface area contributed by atoms with Crippen molar-refractivity contribution in [3.8, 4) is 0 Å². The summed E-state index contributed by atoms with van der Waals surface area (Å²) in [5, 5.41) is 9.11. The molecular weight excluding hydrogens is 180 g/mol. The molecule has 1 heterocycles. The van der Waals surface area contributed by atoms with Gasteiger partial charge in [0.15, 0.2) is 0 Å². The number of aliphatic hydroxyl groups excluding tert-OH is 1. The summed E-state index contributed by atoms with van der Waals surface area (Å²) < 4.78 is 10.9. The average Bonchev–Trinajstić information content (AvgIpc) is 2.16. The first kappa shape index (κ1) is 11.4. The van der Waals surface area contributed by atoms with E-state index in [0.29, 0.717) is 5.95 Å². The fourth-order valence-corrected chi connectivity index (χ4v) is 1.35. The average molecular weight is 200 g/mol.